The summed E-state index contributed by atoms with van der Waals surface area (Å²) in [5, 5.41) is 9.53. The van der Waals surface area contributed by atoms with Crippen molar-refractivity contribution in [1.29, 1.82) is 0 Å². The lowest BCUT2D eigenvalue weighted by Gasteiger charge is -2.40. The Labute approximate surface area is 176 Å². The lowest BCUT2D eigenvalue weighted by Crippen LogP contribution is -2.47. The summed E-state index contributed by atoms with van der Waals surface area (Å²) in [5.41, 5.74) is 2.43. The fourth-order valence-corrected chi connectivity index (χ4v) is 4.43. The summed E-state index contributed by atoms with van der Waals surface area (Å²) in [6.07, 6.45) is -0.312. The molecule has 0 saturated heterocycles. The van der Waals surface area contributed by atoms with Crippen molar-refractivity contribution in [3.8, 4) is 0 Å². The Hall–Kier alpha value is -1.95. The van der Waals surface area contributed by atoms with Crippen LogP contribution in [0.5, 0.6) is 0 Å². The minimum absolute atomic E-state index is 0.0204. The molecule has 1 N–H and O–H groups in total. The Morgan fingerprint density at radius 2 is 1.41 bits per heavy atom. The topological polar surface area (TPSA) is 49.8 Å². The Morgan fingerprint density at radius 1 is 0.966 bits per heavy atom. The van der Waals surface area contributed by atoms with Gasteiger partial charge in [0.25, 0.3) is 0 Å². The van der Waals surface area contributed by atoms with E-state index in [0.29, 0.717) is 6.54 Å². The fourth-order valence-electron chi connectivity index (χ4n) is 3.09. The van der Waals surface area contributed by atoms with Crippen molar-refractivity contribution in [3.05, 3.63) is 71.8 Å². The van der Waals surface area contributed by atoms with Crippen molar-refractivity contribution >= 4 is 14.3 Å². The summed E-state index contributed by atoms with van der Waals surface area (Å²) >= 11 is 0. The highest BCUT2D eigenvalue weighted by Gasteiger charge is 2.39. The van der Waals surface area contributed by atoms with E-state index in [1.54, 1.807) is 0 Å². The van der Waals surface area contributed by atoms with Crippen molar-refractivity contribution in [2.45, 2.75) is 64.5 Å². The van der Waals surface area contributed by atoms with Gasteiger partial charge in [-0.25, -0.2) is 0 Å². The summed E-state index contributed by atoms with van der Waals surface area (Å²) < 4.78 is 6.54. The molecule has 0 saturated carbocycles. The molecule has 158 valence electrons. The molecule has 0 aliphatic rings. The normalized spacial score (nSPS) is 13.4. The van der Waals surface area contributed by atoms with E-state index in [0.717, 1.165) is 13.1 Å². The van der Waals surface area contributed by atoms with Crippen molar-refractivity contribution in [2.75, 3.05) is 6.54 Å². The fraction of sp³-hybridized carbons (Fsp3) is 0.458. The summed E-state index contributed by atoms with van der Waals surface area (Å²) in [7, 11) is -2.08. The van der Waals surface area contributed by atoms with Crippen molar-refractivity contribution in [1.82, 2.24) is 4.90 Å². The van der Waals surface area contributed by atoms with E-state index in [-0.39, 0.29) is 17.6 Å². The van der Waals surface area contributed by atoms with Crippen LogP contribution >= 0.6 is 0 Å². The van der Waals surface area contributed by atoms with Crippen LogP contribution in [-0.2, 0) is 22.3 Å². The van der Waals surface area contributed by atoms with Gasteiger partial charge >= 0.3 is 5.97 Å². The summed E-state index contributed by atoms with van der Waals surface area (Å²) in [6, 6.07) is 20.6. The second-order valence-corrected chi connectivity index (χ2v) is 14.0. The van der Waals surface area contributed by atoms with Crippen LogP contribution in [0.15, 0.2) is 60.7 Å². The average Bonchev–Trinajstić information content (AvgIpc) is 2.61. The second-order valence-electron chi connectivity index (χ2n) is 9.24. The molecule has 29 heavy (non-hydrogen) atoms. The first-order valence-corrected chi connectivity index (χ1v) is 13.2. The van der Waals surface area contributed by atoms with E-state index in [4.69, 9.17) is 4.43 Å². The highest BCUT2D eigenvalue weighted by molar-refractivity contribution is 6.74. The summed E-state index contributed by atoms with van der Waals surface area (Å²) in [4.78, 5) is 13.9. The second kappa shape index (κ2) is 10.2. The zero-order valence-electron chi connectivity index (χ0n) is 18.4. The summed E-state index contributed by atoms with van der Waals surface area (Å²) in [5.74, 6) is -0.812. The maximum Gasteiger partial charge on any atom is 0.305 e. The highest BCUT2D eigenvalue weighted by Crippen LogP contribution is 2.37. The van der Waals surface area contributed by atoms with E-state index in [1.807, 2.05) is 36.4 Å². The zero-order chi connectivity index (χ0) is 21.5. The molecule has 0 heterocycles. The number of carboxylic acid groups (broad SMARTS) is 1. The first-order chi connectivity index (χ1) is 13.6. The van der Waals surface area contributed by atoms with Gasteiger partial charge in [0.15, 0.2) is 8.32 Å². The number of aliphatic carboxylic acids is 1. The van der Waals surface area contributed by atoms with Gasteiger partial charge in [-0.05, 0) is 29.3 Å². The monoisotopic (exact) mass is 413 g/mol. The molecule has 2 aromatic rings. The quantitative estimate of drug-likeness (QED) is 0.519. The SMILES string of the molecule is CC(C)(C)[Si](C)(C)OC(CC(=O)O)CN(Cc1ccccc1)Cc1ccccc1. The van der Waals surface area contributed by atoms with Crippen LogP contribution in [0, 0.1) is 0 Å². The minimum Gasteiger partial charge on any atom is -0.481 e. The number of hydrogen-bond acceptors (Lipinski definition) is 3. The third-order valence-corrected chi connectivity index (χ3v) is 10.2. The maximum absolute atomic E-state index is 11.6. The van der Waals surface area contributed by atoms with Gasteiger partial charge in [0.1, 0.15) is 0 Å². The molecule has 4 nitrogen and oxygen atoms in total. The molecule has 2 rings (SSSR count). The van der Waals surface area contributed by atoms with E-state index in [1.165, 1.54) is 11.1 Å². The molecule has 2 aromatic carbocycles. The number of carbonyl (C=O) groups is 1. The molecule has 0 fully saturated rings. The van der Waals surface area contributed by atoms with Crippen molar-refractivity contribution in [2.24, 2.45) is 0 Å². The molecule has 0 radical (unpaired) electrons. The lowest BCUT2D eigenvalue weighted by molar-refractivity contribution is -0.139. The lowest BCUT2D eigenvalue weighted by atomic mass is 10.1. The Balaban J connectivity index is 2.22. The van der Waals surface area contributed by atoms with Crippen LogP contribution in [0.4, 0.5) is 0 Å². The predicted molar refractivity (Wildman–Crippen MR) is 121 cm³/mol. The van der Waals surface area contributed by atoms with Gasteiger partial charge < -0.3 is 9.53 Å². The van der Waals surface area contributed by atoms with Gasteiger partial charge in [-0.15, -0.1) is 0 Å². The standard InChI is InChI=1S/C24H35NO3Si/c1-24(2,3)29(4,5)28-22(16-23(26)27)19-25(17-20-12-8-6-9-13-20)18-21-14-10-7-11-15-21/h6-15,22H,16-19H2,1-5H3,(H,26,27). The number of carboxylic acids is 1. The van der Waals surface area contributed by atoms with Crippen LogP contribution in [0.2, 0.25) is 18.1 Å². The zero-order valence-corrected chi connectivity index (χ0v) is 19.4. The average molecular weight is 414 g/mol. The first kappa shape index (κ1) is 23.3. The number of rotatable bonds is 10. The van der Waals surface area contributed by atoms with Gasteiger partial charge in [0.05, 0.1) is 12.5 Å². The van der Waals surface area contributed by atoms with E-state index >= 15 is 0 Å². The first-order valence-electron chi connectivity index (χ1n) is 10.3. The Bertz CT molecular complexity index is 715. The van der Waals surface area contributed by atoms with Gasteiger partial charge in [-0.3, -0.25) is 9.69 Å². The van der Waals surface area contributed by atoms with Gasteiger partial charge in [0, 0.05) is 19.6 Å². The molecule has 1 unspecified atom stereocenters. The molecular formula is C24H35NO3Si. The molecule has 0 aromatic heterocycles. The number of nitrogens with zero attached hydrogens (tertiary/aromatic N) is 1. The van der Waals surface area contributed by atoms with E-state index < -0.39 is 14.3 Å². The van der Waals surface area contributed by atoms with Gasteiger partial charge in [-0.1, -0.05) is 81.4 Å². The third kappa shape index (κ3) is 7.76. The molecular weight excluding hydrogens is 378 g/mol. The number of hydrogen-bond donors (Lipinski definition) is 1. The van der Waals surface area contributed by atoms with Crippen LogP contribution in [0.3, 0.4) is 0 Å². The summed E-state index contributed by atoms with van der Waals surface area (Å²) in [6.45, 7) is 13.0. The Morgan fingerprint density at radius 3 is 1.79 bits per heavy atom. The minimum atomic E-state index is -2.08. The van der Waals surface area contributed by atoms with E-state index in [9.17, 15) is 9.90 Å². The van der Waals surface area contributed by atoms with Crippen LogP contribution < -0.4 is 0 Å². The van der Waals surface area contributed by atoms with E-state index in [2.05, 4.69) is 63.0 Å². The predicted octanol–water partition coefficient (Wildman–Crippen LogP) is 5.55. The third-order valence-electron chi connectivity index (χ3n) is 5.63. The highest BCUT2D eigenvalue weighted by atomic mass is 28.4. The van der Waals surface area contributed by atoms with Crippen LogP contribution in [0.25, 0.3) is 0 Å². The molecule has 1 atom stereocenters. The smallest absolute Gasteiger partial charge is 0.305 e. The molecule has 0 aliphatic heterocycles. The van der Waals surface area contributed by atoms with Crippen LogP contribution in [-0.4, -0.2) is 36.9 Å². The molecule has 0 spiro atoms. The molecule has 0 amide bonds. The maximum atomic E-state index is 11.6. The molecule has 0 bridgehead atoms. The molecule has 0 aliphatic carbocycles. The van der Waals surface area contributed by atoms with Crippen molar-refractivity contribution < 1.29 is 14.3 Å². The largest absolute Gasteiger partial charge is 0.481 e. The Kier molecular flexibility index (Phi) is 8.20. The van der Waals surface area contributed by atoms with Gasteiger partial charge in [-0.2, -0.15) is 0 Å². The van der Waals surface area contributed by atoms with Gasteiger partial charge in [0.2, 0.25) is 0 Å². The van der Waals surface area contributed by atoms with Crippen LogP contribution in [0.1, 0.15) is 38.3 Å². The number of benzene rings is 2. The van der Waals surface area contributed by atoms with Crippen molar-refractivity contribution in [3.63, 3.8) is 0 Å². The molecule has 5 heteroatoms.